The summed E-state index contributed by atoms with van der Waals surface area (Å²) in [7, 11) is -17.6. The molecule has 3 unspecified atom stereocenters. The second-order valence-electron chi connectivity index (χ2n) is 5.93. The molecule has 0 aromatic rings. The number of hydrogen-bond donors (Lipinski definition) is 3. The monoisotopic (exact) mass is 481 g/mol. The first-order valence-electron chi connectivity index (χ1n) is 7.81. The van der Waals surface area contributed by atoms with Crippen LogP contribution in [0.4, 0.5) is 4.79 Å². The number of carbonyl (C=O) groups is 2. The minimum atomic E-state index is -6.03. The van der Waals surface area contributed by atoms with Gasteiger partial charge in [-0.25, -0.2) is 13.4 Å². The third kappa shape index (κ3) is 7.47. The SMILES string of the molecule is O=C1CCN([C@H]2C[C@H](CO)[C@@H](COP(=O)([O-])OP(=O)([O-])OP(=O)([O-])O)O2)C(=O)N1. The maximum Gasteiger partial charge on any atom is 0.326 e. The van der Waals surface area contributed by atoms with Crippen LogP contribution in [-0.4, -0.2) is 58.9 Å². The molecule has 16 nitrogen and oxygen atoms in total. The Morgan fingerprint density at radius 1 is 1.17 bits per heavy atom. The molecule has 3 N–H and O–H groups in total. The third-order valence-corrected chi connectivity index (χ3v) is 7.52. The Bertz CT molecular complexity index is 784. The number of aliphatic hydroxyl groups excluding tert-OH is 1. The van der Waals surface area contributed by atoms with E-state index >= 15 is 0 Å². The Balaban J connectivity index is 1.95. The molecule has 0 aliphatic carbocycles. The number of nitrogens with one attached hydrogen (secondary N) is 1. The lowest BCUT2D eigenvalue weighted by molar-refractivity contribution is -0.250. The summed E-state index contributed by atoms with van der Waals surface area (Å²) in [4.78, 5) is 65.6. The number of phosphoric ester groups is 1. The normalized spacial score (nSPS) is 31.6. The molecule has 0 radical (unpaired) electrons. The van der Waals surface area contributed by atoms with Gasteiger partial charge in [0.25, 0.3) is 23.5 Å². The number of amides is 3. The van der Waals surface area contributed by atoms with Crippen molar-refractivity contribution in [3.63, 3.8) is 0 Å². The first-order valence-corrected chi connectivity index (χ1v) is 12.2. The van der Waals surface area contributed by atoms with Gasteiger partial charge in [0.15, 0.2) is 0 Å². The van der Waals surface area contributed by atoms with Crippen LogP contribution in [0.25, 0.3) is 0 Å². The highest BCUT2D eigenvalue weighted by Crippen LogP contribution is 2.61. The predicted octanol–water partition coefficient (Wildman–Crippen LogP) is -2.90. The Kier molecular flexibility index (Phi) is 7.77. The Hall–Kier alpha value is -0.730. The third-order valence-electron chi connectivity index (χ3n) is 3.83. The molecule has 19 heteroatoms. The van der Waals surface area contributed by atoms with E-state index in [1.54, 1.807) is 0 Å². The lowest BCUT2D eigenvalue weighted by Gasteiger charge is -2.33. The zero-order valence-electron chi connectivity index (χ0n) is 14.3. The van der Waals surface area contributed by atoms with Crippen LogP contribution in [0, 0.1) is 5.92 Å². The van der Waals surface area contributed by atoms with E-state index in [2.05, 4.69) is 18.5 Å². The van der Waals surface area contributed by atoms with Crippen molar-refractivity contribution in [2.24, 2.45) is 5.92 Å². The standard InChI is InChI=1S/C10H19N2O14P3/c13-4-6-3-9(12-2-1-8(14)11-10(12)15)24-7(6)5-23-28(19,20)26-29(21,22)25-27(16,17)18/h6-7,9,13H,1-5H2,(H,19,20)(H,21,22)(H,11,14,15)(H2,16,17,18)/p-3/t6-,7-,9-/m1/s1. The lowest BCUT2D eigenvalue weighted by atomic mass is 10.0. The van der Waals surface area contributed by atoms with Crippen molar-refractivity contribution < 1.29 is 65.8 Å². The molecule has 29 heavy (non-hydrogen) atoms. The summed E-state index contributed by atoms with van der Waals surface area (Å²) in [5, 5.41) is 11.5. The van der Waals surface area contributed by atoms with Crippen molar-refractivity contribution in [2.75, 3.05) is 19.8 Å². The van der Waals surface area contributed by atoms with E-state index in [4.69, 9.17) is 9.63 Å². The Labute approximate surface area is 163 Å². The van der Waals surface area contributed by atoms with Gasteiger partial charge in [-0.15, -0.1) is 0 Å². The van der Waals surface area contributed by atoms with E-state index in [0.29, 0.717) is 0 Å². The van der Waals surface area contributed by atoms with Gasteiger partial charge in [-0.3, -0.25) is 28.7 Å². The van der Waals surface area contributed by atoms with Crippen LogP contribution in [0.2, 0.25) is 0 Å². The minimum Gasteiger partial charge on any atom is -0.756 e. The molecule has 0 aromatic heterocycles. The van der Waals surface area contributed by atoms with E-state index in [1.807, 2.05) is 0 Å². The molecule has 2 aliphatic rings. The highest BCUT2D eigenvalue weighted by Gasteiger charge is 2.41. The Morgan fingerprint density at radius 2 is 1.83 bits per heavy atom. The quantitative estimate of drug-likeness (QED) is 0.280. The summed E-state index contributed by atoms with van der Waals surface area (Å²) in [5.41, 5.74) is 0. The summed E-state index contributed by atoms with van der Waals surface area (Å²) in [6, 6.07) is -0.738. The summed E-state index contributed by atoms with van der Waals surface area (Å²) in [6.45, 7) is -1.33. The van der Waals surface area contributed by atoms with Crippen LogP contribution < -0.4 is 20.0 Å². The molecule has 0 saturated carbocycles. The molecule has 2 fully saturated rings. The molecule has 0 aromatic carbocycles. The molecule has 2 saturated heterocycles. The van der Waals surface area contributed by atoms with Crippen LogP contribution in [-0.2, 0) is 36.4 Å². The molecular weight excluding hydrogens is 465 g/mol. The number of hydrogen-bond acceptors (Lipinski definition) is 13. The first-order chi connectivity index (χ1) is 13.2. The fraction of sp³-hybridized carbons (Fsp3) is 0.800. The molecule has 3 amide bonds. The fourth-order valence-corrected chi connectivity index (χ4v) is 5.55. The molecular formula is C10H16N2O14P3-3. The van der Waals surface area contributed by atoms with E-state index in [1.165, 1.54) is 0 Å². The van der Waals surface area contributed by atoms with Crippen molar-refractivity contribution in [1.29, 1.82) is 0 Å². The maximum absolute atomic E-state index is 11.8. The zero-order chi connectivity index (χ0) is 22.0. The highest BCUT2D eigenvalue weighted by molar-refractivity contribution is 7.65. The smallest absolute Gasteiger partial charge is 0.326 e. The van der Waals surface area contributed by atoms with Gasteiger partial charge in [0.1, 0.15) is 6.23 Å². The summed E-state index contributed by atoms with van der Waals surface area (Å²) in [6.07, 6.45) is -1.98. The predicted molar refractivity (Wildman–Crippen MR) is 81.9 cm³/mol. The molecule has 0 spiro atoms. The van der Waals surface area contributed by atoms with Crippen molar-refractivity contribution in [1.82, 2.24) is 10.2 Å². The van der Waals surface area contributed by atoms with Crippen LogP contribution in [0.1, 0.15) is 12.8 Å². The number of urea groups is 1. The number of ether oxygens (including phenoxy) is 1. The van der Waals surface area contributed by atoms with E-state index in [9.17, 15) is 43.1 Å². The van der Waals surface area contributed by atoms with Gasteiger partial charge >= 0.3 is 6.03 Å². The van der Waals surface area contributed by atoms with Gasteiger partial charge in [-0.05, 0) is 0 Å². The Morgan fingerprint density at radius 3 is 2.38 bits per heavy atom. The van der Waals surface area contributed by atoms with Crippen LogP contribution in [0.3, 0.4) is 0 Å². The van der Waals surface area contributed by atoms with Gasteiger partial charge in [0.2, 0.25) is 5.91 Å². The zero-order valence-corrected chi connectivity index (χ0v) is 17.0. The average molecular weight is 481 g/mol. The minimum absolute atomic E-state index is 0.00731. The number of aliphatic hydroxyl groups is 1. The average Bonchev–Trinajstić information content (AvgIpc) is 2.92. The molecule has 168 valence electrons. The van der Waals surface area contributed by atoms with Crippen LogP contribution in [0.15, 0.2) is 0 Å². The van der Waals surface area contributed by atoms with Gasteiger partial charge in [0.05, 0.1) is 12.7 Å². The molecule has 2 rings (SSSR count). The van der Waals surface area contributed by atoms with Crippen LogP contribution in [0.5, 0.6) is 0 Å². The van der Waals surface area contributed by atoms with Crippen molar-refractivity contribution in [3.05, 3.63) is 0 Å². The van der Waals surface area contributed by atoms with Gasteiger partial charge in [-0.1, -0.05) is 0 Å². The second-order valence-corrected chi connectivity index (χ2v) is 10.2. The second kappa shape index (κ2) is 9.18. The first kappa shape index (κ1) is 24.5. The van der Waals surface area contributed by atoms with Crippen molar-refractivity contribution in [2.45, 2.75) is 25.2 Å². The summed E-state index contributed by atoms with van der Waals surface area (Å²) < 4.78 is 49.5. The molecule has 0 bridgehead atoms. The number of rotatable bonds is 9. The highest BCUT2D eigenvalue weighted by atomic mass is 31.3. The molecule has 2 aliphatic heterocycles. The van der Waals surface area contributed by atoms with Crippen LogP contribution >= 0.6 is 23.5 Å². The van der Waals surface area contributed by atoms with Gasteiger partial charge < -0.3 is 33.9 Å². The fourth-order valence-electron chi connectivity index (χ4n) is 2.65. The lowest BCUT2D eigenvalue weighted by Crippen LogP contribution is -2.53. The van der Waals surface area contributed by atoms with Gasteiger partial charge in [0, 0.05) is 31.9 Å². The van der Waals surface area contributed by atoms with Gasteiger partial charge in [-0.2, -0.15) is 0 Å². The van der Waals surface area contributed by atoms with E-state index in [-0.39, 0.29) is 19.4 Å². The summed E-state index contributed by atoms with van der Waals surface area (Å²) in [5.74, 6) is -1.21. The molecule has 6 atom stereocenters. The number of imide groups is 1. The number of nitrogens with zero attached hydrogens (tertiary/aromatic N) is 1. The largest absolute Gasteiger partial charge is 0.756 e. The number of carbonyl (C=O) groups excluding carboxylic acids is 2. The number of phosphoric acid groups is 3. The van der Waals surface area contributed by atoms with E-state index < -0.39 is 66.9 Å². The van der Waals surface area contributed by atoms with Crippen molar-refractivity contribution in [3.8, 4) is 0 Å². The topological polar surface area (TPSA) is 247 Å². The van der Waals surface area contributed by atoms with Crippen molar-refractivity contribution >= 4 is 35.4 Å². The van der Waals surface area contributed by atoms with E-state index in [0.717, 1.165) is 4.90 Å². The molecule has 2 heterocycles. The maximum atomic E-state index is 11.8. The summed E-state index contributed by atoms with van der Waals surface area (Å²) >= 11 is 0.